The second-order valence-corrected chi connectivity index (χ2v) is 3.78. The van der Waals surface area contributed by atoms with Crippen molar-refractivity contribution in [2.45, 2.75) is 19.5 Å². The minimum Gasteiger partial charge on any atom is -0.478 e. The van der Waals surface area contributed by atoms with Crippen molar-refractivity contribution in [1.82, 2.24) is 4.90 Å². The van der Waals surface area contributed by atoms with Crippen LogP contribution >= 0.6 is 0 Å². The lowest BCUT2D eigenvalue weighted by molar-refractivity contribution is -0.143. The average Bonchev–Trinajstić information content (AvgIpc) is 2.69. The monoisotopic (exact) mass is 241 g/mol. The SMILES string of the molecule is O=C(O)c1ccc2c(c1)CN(C(=O)C(F)F)C2. The largest absolute Gasteiger partial charge is 0.478 e. The first-order chi connectivity index (χ1) is 7.99. The van der Waals surface area contributed by atoms with E-state index < -0.39 is 18.3 Å². The molecule has 0 bridgehead atoms. The summed E-state index contributed by atoms with van der Waals surface area (Å²) >= 11 is 0. The number of carbonyl (C=O) groups is 2. The number of fused-ring (bicyclic) bond motifs is 1. The molecule has 0 spiro atoms. The van der Waals surface area contributed by atoms with Gasteiger partial charge in [0.05, 0.1) is 5.56 Å². The summed E-state index contributed by atoms with van der Waals surface area (Å²) in [7, 11) is 0. The first-order valence-corrected chi connectivity index (χ1v) is 4.91. The van der Waals surface area contributed by atoms with Crippen LogP contribution in [-0.4, -0.2) is 28.3 Å². The van der Waals surface area contributed by atoms with Crippen molar-refractivity contribution < 1.29 is 23.5 Å². The summed E-state index contributed by atoms with van der Waals surface area (Å²) in [6.45, 7) is 0.151. The third-order valence-electron chi connectivity index (χ3n) is 2.67. The van der Waals surface area contributed by atoms with E-state index in [0.29, 0.717) is 11.1 Å². The summed E-state index contributed by atoms with van der Waals surface area (Å²) in [6.07, 6.45) is -3.02. The summed E-state index contributed by atoms with van der Waals surface area (Å²) in [5.41, 5.74) is 1.41. The molecular formula is C11H9F2NO3. The first kappa shape index (κ1) is 11.5. The highest BCUT2D eigenvalue weighted by molar-refractivity contribution is 5.88. The van der Waals surface area contributed by atoms with Gasteiger partial charge in [0.2, 0.25) is 0 Å². The fourth-order valence-electron chi connectivity index (χ4n) is 1.82. The van der Waals surface area contributed by atoms with Gasteiger partial charge in [-0.05, 0) is 23.3 Å². The highest BCUT2D eigenvalue weighted by Crippen LogP contribution is 2.25. The van der Waals surface area contributed by atoms with Gasteiger partial charge in [-0.1, -0.05) is 6.07 Å². The Bertz CT molecular complexity index is 488. The fraction of sp³-hybridized carbons (Fsp3) is 0.273. The van der Waals surface area contributed by atoms with Crippen molar-refractivity contribution in [2.75, 3.05) is 0 Å². The molecule has 4 nitrogen and oxygen atoms in total. The Kier molecular flexibility index (Phi) is 2.79. The molecule has 0 unspecified atom stereocenters. The molecule has 1 aliphatic rings. The van der Waals surface area contributed by atoms with E-state index in [1.54, 1.807) is 6.07 Å². The number of carboxylic acids is 1. The van der Waals surface area contributed by atoms with Gasteiger partial charge in [-0.3, -0.25) is 4.79 Å². The van der Waals surface area contributed by atoms with E-state index >= 15 is 0 Å². The van der Waals surface area contributed by atoms with Gasteiger partial charge in [0, 0.05) is 13.1 Å². The molecule has 0 radical (unpaired) electrons. The summed E-state index contributed by atoms with van der Waals surface area (Å²) in [6, 6.07) is 4.37. The molecule has 17 heavy (non-hydrogen) atoms. The zero-order chi connectivity index (χ0) is 12.6. The molecule has 6 heteroatoms. The van der Waals surface area contributed by atoms with Crippen LogP contribution in [0.25, 0.3) is 0 Å². The van der Waals surface area contributed by atoms with Crippen LogP contribution < -0.4 is 0 Å². The highest BCUT2D eigenvalue weighted by atomic mass is 19.3. The molecule has 0 atom stereocenters. The lowest BCUT2D eigenvalue weighted by Crippen LogP contribution is -2.30. The van der Waals surface area contributed by atoms with Gasteiger partial charge in [0.1, 0.15) is 0 Å². The number of rotatable bonds is 2. The van der Waals surface area contributed by atoms with Crippen LogP contribution in [0, 0.1) is 0 Å². The summed E-state index contributed by atoms with van der Waals surface area (Å²) in [4.78, 5) is 22.8. The molecular weight excluding hydrogens is 232 g/mol. The zero-order valence-electron chi connectivity index (χ0n) is 8.69. The topological polar surface area (TPSA) is 57.6 Å². The van der Waals surface area contributed by atoms with Crippen LogP contribution in [-0.2, 0) is 17.9 Å². The van der Waals surface area contributed by atoms with Gasteiger partial charge in [-0.25, -0.2) is 4.79 Å². The van der Waals surface area contributed by atoms with Gasteiger partial charge >= 0.3 is 12.4 Å². The third-order valence-corrected chi connectivity index (χ3v) is 2.67. The van der Waals surface area contributed by atoms with E-state index in [1.165, 1.54) is 12.1 Å². The van der Waals surface area contributed by atoms with Gasteiger partial charge in [-0.2, -0.15) is 8.78 Å². The molecule has 1 N–H and O–H groups in total. The zero-order valence-corrected chi connectivity index (χ0v) is 8.69. The number of amides is 1. The predicted octanol–water partition coefficient (Wildman–Crippen LogP) is 1.49. The number of aromatic carboxylic acids is 1. The Labute approximate surface area is 95.5 Å². The number of benzene rings is 1. The second-order valence-electron chi connectivity index (χ2n) is 3.78. The standard InChI is InChI=1S/C11H9F2NO3/c12-9(13)10(15)14-4-7-2-1-6(11(16)17)3-8(7)5-14/h1-3,9H,4-5H2,(H,16,17). The Balaban J connectivity index is 2.22. The molecule has 1 aromatic rings. The van der Waals surface area contributed by atoms with Crippen LogP contribution in [0.3, 0.4) is 0 Å². The summed E-state index contributed by atoms with van der Waals surface area (Å²) < 4.78 is 24.5. The first-order valence-electron chi connectivity index (χ1n) is 4.91. The Morgan fingerprint density at radius 2 is 1.88 bits per heavy atom. The van der Waals surface area contributed by atoms with Gasteiger partial charge in [0.15, 0.2) is 0 Å². The molecule has 0 aromatic heterocycles. The van der Waals surface area contributed by atoms with Crippen LogP contribution in [0.4, 0.5) is 8.78 Å². The summed E-state index contributed by atoms with van der Waals surface area (Å²) in [5.74, 6) is -2.30. The third kappa shape index (κ3) is 2.11. The number of nitrogens with zero attached hydrogens (tertiary/aromatic N) is 1. The molecule has 90 valence electrons. The predicted molar refractivity (Wildman–Crippen MR) is 53.7 cm³/mol. The molecule has 1 aliphatic heterocycles. The van der Waals surface area contributed by atoms with Gasteiger partial charge in [0.25, 0.3) is 5.91 Å². The maximum Gasteiger partial charge on any atom is 0.335 e. The maximum absolute atomic E-state index is 12.2. The average molecular weight is 241 g/mol. The van der Waals surface area contributed by atoms with E-state index in [0.717, 1.165) is 4.90 Å². The van der Waals surface area contributed by atoms with E-state index in [-0.39, 0.29) is 18.7 Å². The summed E-state index contributed by atoms with van der Waals surface area (Å²) in [5, 5.41) is 8.78. The Morgan fingerprint density at radius 3 is 2.47 bits per heavy atom. The van der Waals surface area contributed by atoms with Crippen molar-refractivity contribution >= 4 is 11.9 Å². The minimum atomic E-state index is -3.02. The number of hydrogen-bond donors (Lipinski definition) is 1. The van der Waals surface area contributed by atoms with Gasteiger partial charge < -0.3 is 10.0 Å². The Hall–Kier alpha value is -1.98. The number of alkyl halides is 2. The lowest BCUT2D eigenvalue weighted by Gasteiger charge is -2.13. The molecule has 1 heterocycles. The molecule has 0 aliphatic carbocycles. The maximum atomic E-state index is 12.2. The quantitative estimate of drug-likeness (QED) is 0.853. The number of hydrogen-bond acceptors (Lipinski definition) is 2. The van der Waals surface area contributed by atoms with Crippen LogP contribution in [0.2, 0.25) is 0 Å². The van der Waals surface area contributed by atoms with E-state index in [1.807, 2.05) is 0 Å². The highest BCUT2D eigenvalue weighted by Gasteiger charge is 2.29. The molecule has 0 fully saturated rings. The molecule has 0 saturated heterocycles. The molecule has 2 rings (SSSR count). The number of carbonyl (C=O) groups excluding carboxylic acids is 1. The smallest absolute Gasteiger partial charge is 0.335 e. The fourth-order valence-corrected chi connectivity index (χ4v) is 1.82. The van der Waals surface area contributed by atoms with Crippen molar-refractivity contribution in [3.05, 3.63) is 34.9 Å². The van der Waals surface area contributed by atoms with E-state index in [4.69, 9.17) is 5.11 Å². The number of halogens is 2. The van der Waals surface area contributed by atoms with Crippen LogP contribution in [0.1, 0.15) is 21.5 Å². The van der Waals surface area contributed by atoms with Crippen molar-refractivity contribution in [3.63, 3.8) is 0 Å². The molecule has 0 saturated carbocycles. The second kappa shape index (κ2) is 4.12. The Morgan fingerprint density at radius 1 is 1.24 bits per heavy atom. The minimum absolute atomic E-state index is 0.0413. The van der Waals surface area contributed by atoms with Crippen molar-refractivity contribution in [2.24, 2.45) is 0 Å². The van der Waals surface area contributed by atoms with E-state index in [9.17, 15) is 18.4 Å². The van der Waals surface area contributed by atoms with Crippen molar-refractivity contribution in [3.8, 4) is 0 Å². The molecule has 1 aromatic carbocycles. The van der Waals surface area contributed by atoms with Crippen molar-refractivity contribution in [1.29, 1.82) is 0 Å². The molecule has 1 amide bonds. The number of carboxylic acid groups (broad SMARTS) is 1. The van der Waals surface area contributed by atoms with Gasteiger partial charge in [-0.15, -0.1) is 0 Å². The lowest BCUT2D eigenvalue weighted by atomic mass is 10.1. The van der Waals surface area contributed by atoms with Crippen LogP contribution in [0.15, 0.2) is 18.2 Å². The normalized spacial score (nSPS) is 13.9. The van der Waals surface area contributed by atoms with E-state index in [2.05, 4.69) is 0 Å². The van der Waals surface area contributed by atoms with Crippen LogP contribution in [0.5, 0.6) is 0 Å².